The van der Waals surface area contributed by atoms with Crippen LogP contribution in [0.2, 0.25) is 0 Å². The number of nitrogens with one attached hydrogen (secondary N) is 2. The van der Waals surface area contributed by atoms with Crippen LogP contribution in [-0.2, 0) is 0 Å². The van der Waals surface area contributed by atoms with E-state index in [1.807, 2.05) is 25.2 Å². The summed E-state index contributed by atoms with van der Waals surface area (Å²) in [6.45, 7) is 0. The van der Waals surface area contributed by atoms with E-state index in [1.165, 1.54) is 0 Å². The average molecular weight is 163 g/mol. The first-order valence-corrected chi connectivity index (χ1v) is 3.67. The van der Waals surface area contributed by atoms with Crippen molar-refractivity contribution in [2.45, 2.75) is 0 Å². The van der Waals surface area contributed by atoms with Crippen LogP contribution in [0, 0.1) is 0 Å². The number of hydrogen-bond acceptors (Lipinski definition) is 3. The summed E-state index contributed by atoms with van der Waals surface area (Å²) in [5.41, 5.74) is 0.879. The van der Waals surface area contributed by atoms with Gasteiger partial charge in [-0.15, -0.1) is 0 Å². The summed E-state index contributed by atoms with van der Waals surface area (Å²) in [6.07, 6.45) is 1.63. The molecule has 12 heavy (non-hydrogen) atoms. The van der Waals surface area contributed by atoms with E-state index in [9.17, 15) is 0 Å². The molecule has 2 aromatic heterocycles. The maximum absolute atomic E-state index is 5.18. The van der Waals surface area contributed by atoms with Gasteiger partial charge in [-0.1, -0.05) is 0 Å². The summed E-state index contributed by atoms with van der Waals surface area (Å²) >= 11 is 0. The summed E-state index contributed by atoms with van der Waals surface area (Å²) in [4.78, 5) is 0. The second-order valence-electron chi connectivity index (χ2n) is 2.39. The molecule has 2 heterocycles. The zero-order chi connectivity index (χ0) is 8.39. The lowest BCUT2D eigenvalue weighted by Crippen LogP contribution is -1.85. The number of furan rings is 1. The third-order valence-electron chi connectivity index (χ3n) is 1.62. The van der Waals surface area contributed by atoms with E-state index in [0.717, 1.165) is 17.3 Å². The molecule has 0 aromatic carbocycles. The van der Waals surface area contributed by atoms with Crippen LogP contribution in [0.15, 0.2) is 28.9 Å². The summed E-state index contributed by atoms with van der Waals surface area (Å²) < 4.78 is 5.18. The molecule has 0 saturated heterocycles. The van der Waals surface area contributed by atoms with E-state index in [-0.39, 0.29) is 0 Å². The van der Waals surface area contributed by atoms with Gasteiger partial charge in [-0.05, 0) is 12.1 Å². The lowest BCUT2D eigenvalue weighted by molar-refractivity contribution is 0.580. The molecule has 4 heteroatoms. The highest BCUT2D eigenvalue weighted by Gasteiger charge is 2.03. The quantitative estimate of drug-likeness (QED) is 0.708. The summed E-state index contributed by atoms with van der Waals surface area (Å²) in [7, 11) is 1.82. The minimum absolute atomic E-state index is 0.795. The zero-order valence-electron chi connectivity index (χ0n) is 6.66. The Hall–Kier alpha value is -1.71. The van der Waals surface area contributed by atoms with Crippen LogP contribution in [0.5, 0.6) is 0 Å². The maximum atomic E-state index is 5.18. The molecule has 0 unspecified atom stereocenters. The molecule has 2 rings (SSSR count). The summed E-state index contributed by atoms with van der Waals surface area (Å²) in [5.74, 6) is 1.60. The van der Waals surface area contributed by atoms with Crippen molar-refractivity contribution in [1.82, 2.24) is 10.2 Å². The largest absolute Gasteiger partial charge is 0.463 e. The number of hydrogen-bond donors (Lipinski definition) is 2. The van der Waals surface area contributed by atoms with Crippen molar-refractivity contribution in [3.8, 4) is 11.5 Å². The normalized spacial score (nSPS) is 10.1. The Kier molecular flexibility index (Phi) is 1.59. The van der Waals surface area contributed by atoms with Crippen molar-refractivity contribution in [2.75, 3.05) is 12.4 Å². The van der Waals surface area contributed by atoms with E-state index < -0.39 is 0 Å². The Balaban J connectivity index is 2.35. The van der Waals surface area contributed by atoms with Gasteiger partial charge < -0.3 is 9.73 Å². The molecule has 2 aromatic rings. The van der Waals surface area contributed by atoms with Gasteiger partial charge in [0.15, 0.2) is 5.76 Å². The summed E-state index contributed by atoms with van der Waals surface area (Å²) in [6, 6.07) is 5.61. The highest BCUT2D eigenvalue weighted by atomic mass is 16.3. The van der Waals surface area contributed by atoms with Crippen molar-refractivity contribution in [3.05, 3.63) is 24.5 Å². The zero-order valence-corrected chi connectivity index (χ0v) is 6.66. The Morgan fingerprint density at radius 1 is 1.58 bits per heavy atom. The lowest BCUT2D eigenvalue weighted by Gasteiger charge is -1.87. The number of aromatic amines is 1. The van der Waals surface area contributed by atoms with Gasteiger partial charge >= 0.3 is 0 Å². The number of aromatic nitrogens is 2. The lowest BCUT2D eigenvalue weighted by atomic mass is 10.3. The first kappa shape index (κ1) is 6.97. The van der Waals surface area contributed by atoms with Gasteiger partial charge in [0.2, 0.25) is 0 Å². The molecule has 0 aliphatic heterocycles. The fraction of sp³-hybridized carbons (Fsp3) is 0.125. The second-order valence-corrected chi connectivity index (χ2v) is 2.39. The number of anilines is 1. The van der Waals surface area contributed by atoms with E-state index in [2.05, 4.69) is 15.5 Å². The first-order valence-electron chi connectivity index (χ1n) is 3.67. The minimum Gasteiger partial charge on any atom is -0.463 e. The molecule has 0 aliphatic rings. The maximum Gasteiger partial charge on any atom is 0.151 e. The van der Waals surface area contributed by atoms with Gasteiger partial charge in [-0.25, -0.2) is 0 Å². The van der Waals surface area contributed by atoms with Crippen LogP contribution in [0.4, 0.5) is 5.82 Å². The molecule has 4 nitrogen and oxygen atoms in total. The molecule has 0 aliphatic carbocycles. The molecule has 0 spiro atoms. The third kappa shape index (κ3) is 1.07. The van der Waals surface area contributed by atoms with Crippen LogP contribution in [0.3, 0.4) is 0 Å². The number of nitrogens with zero attached hydrogens (tertiary/aromatic N) is 1. The third-order valence-corrected chi connectivity index (χ3v) is 1.62. The van der Waals surface area contributed by atoms with E-state index in [4.69, 9.17) is 4.42 Å². The Labute approximate surface area is 69.6 Å². The Morgan fingerprint density at radius 2 is 2.50 bits per heavy atom. The van der Waals surface area contributed by atoms with Crippen molar-refractivity contribution < 1.29 is 4.42 Å². The van der Waals surface area contributed by atoms with Gasteiger partial charge in [0.1, 0.15) is 11.5 Å². The van der Waals surface area contributed by atoms with Crippen LogP contribution in [0.1, 0.15) is 0 Å². The number of H-pyrrole nitrogens is 1. The number of rotatable bonds is 2. The van der Waals surface area contributed by atoms with Crippen LogP contribution < -0.4 is 5.32 Å². The fourth-order valence-corrected chi connectivity index (χ4v) is 1.01. The molecule has 0 radical (unpaired) electrons. The van der Waals surface area contributed by atoms with E-state index >= 15 is 0 Å². The van der Waals surface area contributed by atoms with Gasteiger partial charge in [0, 0.05) is 13.1 Å². The topological polar surface area (TPSA) is 53.9 Å². The molecular weight excluding hydrogens is 154 g/mol. The molecule has 2 N–H and O–H groups in total. The molecular formula is C8H9N3O. The van der Waals surface area contributed by atoms with Crippen LogP contribution in [-0.4, -0.2) is 17.2 Å². The highest BCUT2D eigenvalue weighted by molar-refractivity contribution is 5.56. The second kappa shape index (κ2) is 2.73. The molecule has 0 fully saturated rings. The Morgan fingerprint density at radius 3 is 3.08 bits per heavy atom. The van der Waals surface area contributed by atoms with E-state index in [0.29, 0.717) is 0 Å². The van der Waals surface area contributed by atoms with Gasteiger partial charge in [0.25, 0.3) is 0 Å². The summed E-state index contributed by atoms with van der Waals surface area (Å²) in [5, 5.41) is 9.77. The van der Waals surface area contributed by atoms with Crippen molar-refractivity contribution in [2.24, 2.45) is 0 Å². The predicted octanol–water partition coefficient (Wildman–Crippen LogP) is 1.71. The van der Waals surface area contributed by atoms with Crippen molar-refractivity contribution in [1.29, 1.82) is 0 Å². The molecule has 62 valence electrons. The van der Waals surface area contributed by atoms with Gasteiger partial charge in [-0.2, -0.15) is 5.10 Å². The fourth-order valence-electron chi connectivity index (χ4n) is 1.01. The monoisotopic (exact) mass is 163 g/mol. The van der Waals surface area contributed by atoms with E-state index in [1.54, 1.807) is 6.26 Å². The van der Waals surface area contributed by atoms with Crippen molar-refractivity contribution in [3.63, 3.8) is 0 Å². The standard InChI is InChI=1S/C8H9N3O/c1-9-8-5-6(10-11-8)7-3-2-4-12-7/h2-5H,1H3,(H2,9,10,11). The molecule has 0 bridgehead atoms. The van der Waals surface area contributed by atoms with Crippen molar-refractivity contribution >= 4 is 5.82 Å². The van der Waals surface area contributed by atoms with Crippen LogP contribution in [0.25, 0.3) is 11.5 Å². The first-order chi connectivity index (χ1) is 5.90. The van der Waals surface area contributed by atoms with Crippen LogP contribution >= 0.6 is 0 Å². The highest BCUT2D eigenvalue weighted by Crippen LogP contribution is 2.19. The SMILES string of the molecule is CNc1cc(-c2ccco2)[nH]n1. The smallest absolute Gasteiger partial charge is 0.151 e. The molecule has 0 atom stereocenters. The molecule has 0 amide bonds. The van der Waals surface area contributed by atoms with Gasteiger partial charge in [0.05, 0.1) is 6.26 Å². The minimum atomic E-state index is 0.795. The Bertz CT molecular complexity index is 350. The van der Waals surface area contributed by atoms with Gasteiger partial charge in [-0.3, -0.25) is 5.10 Å². The predicted molar refractivity (Wildman–Crippen MR) is 45.8 cm³/mol. The molecule has 0 saturated carbocycles. The average Bonchev–Trinajstić information content (AvgIpc) is 2.75.